The van der Waals surface area contributed by atoms with Gasteiger partial charge in [-0.3, -0.25) is 9.80 Å². The highest BCUT2D eigenvalue weighted by atomic mass is 32.2. The van der Waals surface area contributed by atoms with E-state index in [9.17, 15) is 13.2 Å². The minimum Gasteiger partial charge on any atom is -0.268 e. The van der Waals surface area contributed by atoms with Gasteiger partial charge in [0.25, 0.3) is 5.91 Å². The molecular formula is C13H19N3O3S2. The average Bonchev–Trinajstić information content (AvgIpc) is 2.78. The van der Waals surface area contributed by atoms with E-state index >= 15 is 0 Å². The Morgan fingerprint density at radius 2 is 2.14 bits per heavy atom. The molecule has 8 heteroatoms. The summed E-state index contributed by atoms with van der Waals surface area (Å²) in [6.45, 7) is 0. The number of sulfone groups is 1. The van der Waals surface area contributed by atoms with E-state index in [0.29, 0.717) is 17.0 Å². The molecule has 116 valence electrons. The largest absolute Gasteiger partial charge is 0.271 e. The van der Waals surface area contributed by atoms with Crippen molar-refractivity contribution in [1.82, 2.24) is 15.0 Å². The minimum atomic E-state index is -3.05. The molecule has 2 rings (SSSR count). The zero-order valence-corrected chi connectivity index (χ0v) is 13.9. The molecule has 0 bridgehead atoms. The fourth-order valence-electron chi connectivity index (χ4n) is 2.48. The number of aromatic nitrogens is 1. The van der Waals surface area contributed by atoms with Gasteiger partial charge in [-0.05, 0) is 24.8 Å². The molecule has 6 nitrogen and oxygen atoms in total. The Morgan fingerprint density at radius 1 is 1.43 bits per heavy atom. The first-order valence-corrected chi connectivity index (χ1v) is 9.60. The van der Waals surface area contributed by atoms with Gasteiger partial charge in [0.15, 0.2) is 9.84 Å². The molecule has 0 spiro atoms. The molecule has 0 radical (unpaired) electrons. The van der Waals surface area contributed by atoms with Crippen molar-refractivity contribution in [2.45, 2.75) is 17.5 Å². The van der Waals surface area contributed by atoms with Crippen molar-refractivity contribution in [3.8, 4) is 0 Å². The third-order valence-electron chi connectivity index (χ3n) is 3.39. The van der Waals surface area contributed by atoms with E-state index in [1.54, 1.807) is 37.4 Å². The molecule has 1 aromatic heterocycles. The lowest BCUT2D eigenvalue weighted by Gasteiger charge is -2.34. The summed E-state index contributed by atoms with van der Waals surface area (Å²) >= 11 is 1.40. The maximum atomic E-state index is 12.8. The zero-order valence-electron chi connectivity index (χ0n) is 12.3. The van der Waals surface area contributed by atoms with Gasteiger partial charge in [0.2, 0.25) is 0 Å². The number of amides is 1. The number of carbonyl (C=O) groups excluding carboxylic acids is 1. The predicted octanol–water partition coefficient (Wildman–Crippen LogP) is 0.909. The second-order valence-corrected chi connectivity index (χ2v) is 8.14. The molecule has 1 saturated heterocycles. The molecule has 0 unspecified atom stereocenters. The van der Waals surface area contributed by atoms with Crippen molar-refractivity contribution in [3.05, 3.63) is 23.9 Å². The third kappa shape index (κ3) is 3.56. The summed E-state index contributed by atoms with van der Waals surface area (Å²) in [5, 5.41) is 3.84. The quantitative estimate of drug-likeness (QED) is 0.604. The first kappa shape index (κ1) is 16.3. The normalized spacial score (nSPS) is 20.7. The van der Waals surface area contributed by atoms with Crippen LogP contribution in [0, 0.1) is 0 Å². The summed E-state index contributed by atoms with van der Waals surface area (Å²) in [6, 6.07) is 3.13. The van der Waals surface area contributed by atoms with Gasteiger partial charge in [-0.25, -0.2) is 18.4 Å². The summed E-state index contributed by atoms with van der Waals surface area (Å²) in [4.78, 5) is 17.0. The lowest BCUT2D eigenvalue weighted by atomic mass is 10.2. The van der Waals surface area contributed by atoms with Crippen LogP contribution in [0.1, 0.15) is 16.8 Å². The number of rotatable bonds is 4. The van der Waals surface area contributed by atoms with Crippen molar-refractivity contribution < 1.29 is 13.2 Å². The summed E-state index contributed by atoms with van der Waals surface area (Å²) in [7, 11) is 0.449. The number of hydrazine groups is 1. The van der Waals surface area contributed by atoms with Crippen LogP contribution in [0.15, 0.2) is 23.4 Å². The lowest BCUT2D eigenvalue weighted by Crippen LogP contribution is -2.49. The first-order chi connectivity index (χ1) is 9.85. The Balaban J connectivity index is 2.33. The summed E-state index contributed by atoms with van der Waals surface area (Å²) in [5.41, 5.74) is 0.503. The standard InChI is InChI=1S/C13H19N3O3S2/c1-15(2)16(10-6-8-21(18,19)9-10)13(17)11-5-4-7-14-12(11)20-3/h4-5,7,10H,6,8-9H2,1-3H3/t10-/m0/s1. The Labute approximate surface area is 129 Å². The molecule has 21 heavy (non-hydrogen) atoms. The van der Waals surface area contributed by atoms with Crippen LogP contribution in [-0.2, 0) is 9.84 Å². The van der Waals surface area contributed by atoms with Crippen LogP contribution >= 0.6 is 11.8 Å². The molecule has 2 heterocycles. The molecule has 1 aliphatic heterocycles. The van der Waals surface area contributed by atoms with Crippen molar-refractivity contribution in [2.24, 2.45) is 0 Å². The van der Waals surface area contributed by atoms with E-state index in [2.05, 4.69) is 4.98 Å². The number of thioether (sulfide) groups is 1. The molecular weight excluding hydrogens is 310 g/mol. The van der Waals surface area contributed by atoms with E-state index in [1.807, 2.05) is 6.26 Å². The van der Waals surface area contributed by atoms with Gasteiger partial charge in [0.1, 0.15) is 5.03 Å². The van der Waals surface area contributed by atoms with E-state index < -0.39 is 9.84 Å². The van der Waals surface area contributed by atoms with E-state index in [0.717, 1.165) is 0 Å². The molecule has 1 aromatic rings. The predicted molar refractivity (Wildman–Crippen MR) is 82.9 cm³/mol. The van der Waals surface area contributed by atoms with Crippen LogP contribution in [0.25, 0.3) is 0 Å². The zero-order chi connectivity index (χ0) is 15.6. The summed E-state index contributed by atoms with van der Waals surface area (Å²) < 4.78 is 23.4. The van der Waals surface area contributed by atoms with E-state index in [-0.39, 0.29) is 23.5 Å². The van der Waals surface area contributed by atoms with Crippen molar-refractivity contribution in [3.63, 3.8) is 0 Å². The van der Waals surface area contributed by atoms with Crippen LogP contribution in [-0.4, -0.2) is 67.2 Å². The molecule has 0 aromatic carbocycles. The van der Waals surface area contributed by atoms with E-state index in [4.69, 9.17) is 0 Å². The van der Waals surface area contributed by atoms with Crippen molar-refractivity contribution in [2.75, 3.05) is 31.9 Å². The second kappa shape index (κ2) is 6.33. The minimum absolute atomic E-state index is 0.0196. The maximum Gasteiger partial charge on any atom is 0.271 e. The van der Waals surface area contributed by atoms with Gasteiger partial charge < -0.3 is 0 Å². The number of nitrogens with zero attached hydrogens (tertiary/aromatic N) is 3. The van der Waals surface area contributed by atoms with Crippen LogP contribution in [0.3, 0.4) is 0 Å². The molecule has 0 aliphatic carbocycles. The SMILES string of the molecule is CSc1ncccc1C(=O)N([C@H]1CCS(=O)(=O)C1)N(C)C. The topological polar surface area (TPSA) is 70.6 Å². The van der Waals surface area contributed by atoms with Crippen LogP contribution in [0.5, 0.6) is 0 Å². The lowest BCUT2D eigenvalue weighted by molar-refractivity contribution is 0.000618. The Morgan fingerprint density at radius 3 is 2.67 bits per heavy atom. The molecule has 1 amide bonds. The highest BCUT2D eigenvalue weighted by Crippen LogP contribution is 2.24. The van der Waals surface area contributed by atoms with Gasteiger partial charge in [-0.2, -0.15) is 0 Å². The van der Waals surface area contributed by atoms with Gasteiger partial charge >= 0.3 is 0 Å². The molecule has 1 aliphatic rings. The van der Waals surface area contributed by atoms with Crippen molar-refractivity contribution in [1.29, 1.82) is 0 Å². The fraction of sp³-hybridized carbons (Fsp3) is 0.538. The van der Waals surface area contributed by atoms with Crippen molar-refractivity contribution >= 4 is 27.5 Å². The van der Waals surface area contributed by atoms with Gasteiger partial charge in [-0.1, -0.05) is 0 Å². The number of hydrogen-bond donors (Lipinski definition) is 0. The Kier molecular flexibility index (Phi) is 4.90. The van der Waals surface area contributed by atoms with Gasteiger partial charge in [-0.15, -0.1) is 11.8 Å². The summed E-state index contributed by atoms with van der Waals surface area (Å²) in [6.07, 6.45) is 3.98. The molecule has 1 atom stereocenters. The van der Waals surface area contributed by atoms with Crippen LogP contribution < -0.4 is 0 Å². The second-order valence-electron chi connectivity index (χ2n) is 5.11. The number of carbonyl (C=O) groups is 1. The maximum absolute atomic E-state index is 12.8. The first-order valence-electron chi connectivity index (χ1n) is 6.56. The fourth-order valence-corrected chi connectivity index (χ4v) is 4.72. The molecule has 1 fully saturated rings. The van der Waals surface area contributed by atoms with E-state index in [1.165, 1.54) is 16.8 Å². The average molecular weight is 329 g/mol. The smallest absolute Gasteiger partial charge is 0.268 e. The van der Waals surface area contributed by atoms with Crippen LogP contribution in [0.4, 0.5) is 0 Å². The van der Waals surface area contributed by atoms with Gasteiger partial charge in [0, 0.05) is 20.3 Å². The Bertz CT molecular complexity index is 631. The molecule has 0 N–H and O–H groups in total. The number of pyridine rings is 1. The highest BCUT2D eigenvalue weighted by Gasteiger charge is 2.36. The Hall–Kier alpha value is -1.12. The highest BCUT2D eigenvalue weighted by molar-refractivity contribution is 7.98. The monoisotopic (exact) mass is 329 g/mol. The molecule has 0 saturated carbocycles. The number of hydrogen-bond acceptors (Lipinski definition) is 6. The summed E-state index contributed by atoms with van der Waals surface area (Å²) in [5.74, 6) is -0.0525. The third-order valence-corrected chi connectivity index (χ3v) is 5.85. The van der Waals surface area contributed by atoms with Crippen LogP contribution in [0.2, 0.25) is 0 Å². The van der Waals surface area contributed by atoms with Gasteiger partial charge in [0.05, 0.1) is 23.1 Å².